The third kappa shape index (κ3) is 6.42. The Morgan fingerprint density at radius 1 is 1.42 bits per heavy atom. The molecule has 0 aliphatic heterocycles. The van der Waals surface area contributed by atoms with Gasteiger partial charge < -0.3 is 4.74 Å². The Morgan fingerprint density at radius 3 is 2.79 bits per heavy atom. The summed E-state index contributed by atoms with van der Waals surface area (Å²) in [5.41, 5.74) is 1.02. The summed E-state index contributed by atoms with van der Waals surface area (Å²) in [5, 5.41) is 8.75. The highest BCUT2D eigenvalue weighted by atomic mass is 16.5. The summed E-state index contributed by atoms with van der Waals surface area (Å²) in [4.78, 5) is 11.5. The Kier molecular flexibility index (Phi) is 7.04. The van der Waals surface area contributed by atoms with Crippen molar-refractivity contribution in [1.82, 2.24) is 0 Å². The van der Waals surface area contributed by atoms with Gasteiger partial charge in [-0.2, -0.15) is 5.26 Å². The molecule has 100 valence electrons. The van der Waals surface area contributed by atoms with E-state index in [1.807, 2.05) is 49.4 Å². The second kappa shape index (κ2) is 8.93. The first kappa shape index (κ1) is 15.0. The van der Waals surface area contributed by atoms with Crippen molar-refractivity contribution in [2.45, 2.75) is 38.7 Å². The molecule has 0 radical (unpaired) electrons. The molecule has 0 saturated carbocycles. The first-order chi connectivity index (χ1) is 9.26. The highest BCUT2D eigenvalue weighted by molar-refractivity contribution is 5.69. The van der Waals surface area contributed by atoms with Crippen molar-refractivity contribution in [1.29, 1.82) is 5.26 Å². The van der Waals surface area contributed by atoms with Crippen LogP contribution in [0.5, 0.6) is 0 Å². The van der Waals surface area contributed by atoms with E-state index in [-0.39, 0.29) is 12.4 Å². The minimum atomic E-state index is -0.463. The lowest BCUT2D eigenvalue weighted by Crippen LogP contribution is -2.15. The molecule has 0 aromatic heterocycles. The van der Waals surface area contributed by atoms with E-state index in [1.54, 1.807) is 6.08 Å². The Morgan fingerprint density at radius 2 is 2.16 bits per heavy atom. The van der Waals surface area contributed by atoms with Crippen LogP contribution < -0.4 is 0 Å². The van der Waals surface area contributed by atoms with Gasteiger partial charge in [0.1, 0.15) is 6.10 Å². The number of nitrogens with zero attached hydrogens (tertiary/aromatic N) is 1. The van der Waals surface area contributed by atoms with E-state index in [9.17, 15) is 4.79 Å². The number of carbonyl (C=O) groups is 1. The van der Waals surface area contributed by atoms with Crippen molar-refractivity contribution in [2.24, 2.45) is 0 Å². The van der Waals surface area contributed by atoms with Crippen LogP contribution in [0.15, 0.2) is 36.4 Å². The summed E-state index contributed by atoms with van der Waals surface area (Å²) in [6.45, 7) is 2.02. The fraction of sp³-hybridized carbons (Fsp3) is 0.375. The van der Waals surface area contributed by atoms with E-state index in [4.69, 9.17) is 10.00 Å². The fourth-order valence-corrected chi connectivity index (χ4v) is 1.57. The highest BCUT2D eigenvalue weighted by Crippen LogP contribution is 2.08. The standard InChI is InChI=1S/C16H19NO2/c1-2-3-9-16(18)19-15(12-13-17)11-10-14-7-5-4-6-8-14/h4-8,10-11,15H,2-3,9,12H2,1H3/b11-10+/t15-/m0/s1. The molecular weight excluding hydrogens is 238 g/mol. The van der Waals surface area contributed by atoms with Crippen LogP contribution in [-0.2, 0) is 9.53 Å². The van der Waals surface area contributed by atoms with Crippen LogP contribution in [0.1, 0.15) is 38.2 Å². The molecule has 3 heteroatoms. The summed E-state index contributed by atoms with van der Waals surface area (Å²) in [6.07, 6.45) is 5.55. The average molecular weight is 257 g/mol. The SMILES string of the molecule is CCCCC(=O)O[C@@H](/C=C/c1ccccc1)CC#N. The molecule has 1 aromatic rings. The van der Waals surface area contributed by atoms with Gasteiger partial charge in [0.05, 0.1) is 12.5 Å². The molecule has 0 unspecified atom stereocenters. The minimum Gasteiger partial charge on any atom is -0.457 e. The number of benzene rings is 1. The van der Waals surface area contributed by atoms with Crippen LogP contribution in [-0.4, -0.2) is 12.1 Å². The number of hydrogen-bond donors (Lipinski definition) is 0. The molecule has 19 heavy (non-hydrogen) atoms. The van der Waals surface area contributed by atoms with Gasteiger partial charge in [-0.1, -0.05) is 49.8 Å². The van der Waals surface area contributed by atoms with Gasteiger partial charge in [-0.3, -0.25) is 4.79 Å². The average Bonchev–Trinajstić information content (AvgIpc) is 2.44. The van der Waals surface area contributed by atoms with Crippen molar-refractivity contribution in [2.75, 3.05) is 0 Å². The van der Waals surface area contributed by atoms with E-state index in [1.165, 1.54) is 0 Å². The number of esters is 1. The molecule has 1 aromatic carbocycles. The van der Waals surface area contributed by atoms with Crippen molar-refractivity contribution < 1.29 is 9.53 Å². The minimum absolute atomic E-state index is 0.182. The molecule has 0 fully saturated rings. The smallest absolute Gasteiger partial charge is 0.306 e. The van der Waals surface area contributed by atoms with Crippen LogP contribution in [0.25, 0.3) is 6.08 Å². The van der Waals surface area contributed by atoms with Crippen LogP contribution >= 0.6 is 0 Å². The fourth-order valence-electron chi connectivity index (χ4n) is 1.57. The molecule has 0 spiro atoms. The van der Waals surface area contributed by atoms with Crippen molar-refractivity contribution in [3.05, 3.63) is 42.0 Å². The summed E-state index contributed by atoms with van der Waals surface area (Å²) in [6, 6.07) is 11.8. The maximum absolute atomic E-state index is 11.5. The van der Waals surface area contributed by atoms with Crippen molar-refractivity contribution in [3.63, 3.8) is 0 Å². The molecule has 3 nitrogen and oxygen atoms in total. The van der Waals surface area contributed by atoms with E-state index >= 15 is 0 Å². The maximum Gasteiger partial charge on any atom is 0.306 e. The summed E-state index contributed by atoms with van der Waals surface area (Å²) in [7, 11) is 0. The van der Waals surface area contributed by atoms with Gasteiger partial charge >= 0.3 is 5.97 Å². The van der Waals surface area contributed by atoms with E-state index in [0.29, 0.717) is 6.42 Å². The predicted octanol–water partition coefficient (Wildman–Crippen LogP) is 3.72. The van der Waals surface area contributed by atoms with E-state index in [2.05, 4.69) is 0 Å². The lowest BCUT2D eigenvalue weighted by atomic mass is 10.1. The summed E-state index contributed by atoms with van der Waals surface area (Å²) >= 11 is 0. The predicted molar refractivity (Wildman–Crippen MR) is 75.1 cm³/mol. The quantitative estimate of drug-likeness (QED) is 0.699. The molecule has 1 atom stereocenters. The molecule has 0 aliphatic carbocycles. The number of carbonyl (C=O) groups excluding carboxylic acids is 1. The largest absolute Gasteiger partial charge is 0.457 e. The van der Waals surface area contributed by atoms with Crippen molar-refractivity contribution in [3.8, 4) is 6.07 Å². The lowest BCUT2D eigenvalue weighted by Gasteiger charge is -2.10. The van der Waals surface area contributed by atoms with Crippen LogP contribution in [0.3, 0.4) is 0 Å². The van der Waals surface area contributed by atoms with Crippen molar-refractivity contribution >= 4 is 12.0 Å². The van der Waals surface area contributed by atoms with Gasteiger partial charge in [0.2, 0.25) is 0 Å². The molecular formula is C16H19NO2. The van der Waals surface area contributed by atoms with E-state index < -0.39 is 6.10 Å². The van der Waals surface area contributed by atoms with Gasteiger partial charge in [-0.15, -0.1) is 0 Å². The number of nitriles is 1. The first-order valence-corrected chi connectivity index (χ1v) is 6.56. The van der Waals surface area contributed by atoms with E-state index in [0.717, 1.165) is 18.4 Å². The number of unbranched alkanes of at least 4 members (excludes halogenated alkanes) is 1. The van der Waals surface area contributed by atoms with Crippen LogP contribution in [0, 0.1) is 11.3 Å². The summed E-state index contributed by atoms with van der Waals surface area (Å²) in [5.74, 6) is -0.236. The van der Waals surface area contributed by atoms with Gasteiger partial charge in [0.15, 0.2) is 0 Å². The second-order valence-electron chi connectivity index (χ2n) is 4.26. The topological polar surface area (TPSA) is 50.1 Å². The maximum atomic E-state index is 11.5. The molecule has 0 amide bonds. The Bertz CT molecular complexity index is 446. The number of rotatable bonds is 7. The van der Waals surface area contributed by atoms with Crippen LogP contribution in [0.2, 0.25) is 0 Å². The normalized spacial score (nSPS) is 12.0. The molecule has 0 bridgehead atoms. The van der Waals surface area contributed by atoms with Crippen LogP contribution in [0.4, 0.5) is 0 Å². The Balaban J connectivity index is 2.55. The molecule has 0 saturated heterocycles. The zero-order valence-electron chi connectivity index (χ0n) is 11.2. The Labute approximate surface area is 114 Å². The van der Waals surface area contributed by atoms with Gasteiger partial charge in [-0.05, 0) is 18.1 Å². The molecule has 1 rings (SSSR count). The monoisotopic (exact) mass is 257 g/mol. The molecule has 0 N–H and O–H groups in total. The zero-order chi connectivity index (χ0) is 13.9. The zero-order valence-corrected chi connectivity index (χ0v) is 11.2. The number of ether oxygens (including phenoxy) is 1. The third-order valence-corrected chi connectivity index (χ3v) is 2.61. The van der Waals surface area contributed by atoms with Gasteiger partial charge in [-0.25, -0.2) is 0 Å². The highest BCUT2D eigenvalue weighted by Gasteiger charge is 2.10. The first-order valence-electron chi connectivity index (χ1n) is 6.56. The Hall–Kier alpha value is -2.08. The van der Waals surface area contributed by atoms with Gasteiger partial charge in [0, 0.05) is 6.42 Å². The van der Waals surface area contributed by atoms with Gasteiger partial charge in [0.25, 0.3) is 0 Å². The second-order valence-corrected chi connectivity index (χ2v) is 4.26. The third-order valence-electron chi connectivity index (χ3n) is 2.61. The lowest BCUT2D eigenvalue weighted by molar-refractivity contribution is -0.146. The molecule has 0 aliphatic rings. The molecule has 0 heterocycles. The summed E-state index contributed by atoms with van der Waals surface area (Å²) < 4.78 is 5.27. The number of hydrogen-bond acceptors (Lipinski definition) is 3.